The van der Waals surface area contributed by atoms with Crippen LogP contribution in [0.15, 0.2) is 54.6 Å². The first-order chi connectivity index (χ1) is 10.7. The van der Waals surface area contributed by atoms with Gasteiger partial charge in [0.25, 0.3) is 0 Å². The van der Waals surface area contributed by atoms with E-state index in [9.17, 15) is 9.18 Å². The molecule has 2 aromatic carbocycles. The maximum Gasteiger partial charge on any atom is 0.223 e. The Morgan fingerprint density at radius 3 is 2.73 bits per heavy atom. The number of nitrogens with zero attached hydrogens (tertiary/aromatic N) is 1. The summed E-state index contributed by atoms with van der Waals surface area (Å²) in [6, 6.07) is 16.7. The first kappa shape index (κ1) is 14.8. The molecule has 3 rings (SSSR count). The lowest BCUT2D eigenvalue weighted by Crippen LogP contribution is -2.30. The number of carbonyl (C=O) groups excluding carboxylic acids is 1. The Labute approximate surface area is 130 Å². The van der Waals surface area contributed by atoms with Crippen molar-refractivity contribution < 1.29 is 9.18 Å². The molecule has 3 heteroatoms. The van der Waals surface area contributed by atoms with Crippen molar-refractivity contribution in [2.75, 3.05) is 6.54 Å². The molecule has 114 valence electrons. The minimum atomic E-state index is -0.235. The summed E-state index contributed by atoms with van der Waals surface area (Å²) in [5, 5.41) is 0. The van der Waals surface area contributed by atoms with Gasteiger partial charge in [-0.15, -0.1) is 0 Å². The number of amides is 1. The van der Waals surface area contributed by atoms with Crippen LogP contribution in [-0.2, 0) is 11.2 Å². The van der Waals surface area contributed by atoms with E-state index in [2.05, 4.69) is 0 Å². The smallest absolute Gasteiger partial charge is 0.223 e. The first-order valence-corrected chi connectivity index (χ1v) is 7.83. The van der Waals surface area contributed by atoms with Gasteiger partial charge in [0.05, 0.1) is 6.04 Å². The van der Waals surface area contributed by atoms with E-state index in [1.165, 1.54) is 11.6 Å². The third-order valence-electron chi connectivity index (χ3n) is 4.28. The van der Waals surface area contributed by atoms with Gasteiger partial charge in [0.2, 0.25) is 5.91 Å². The summed E-state index contributed by atoms with van der Waals surface area (Å²) < 4.78 is 13.4. The van der Waals surface area contributed by atoms with E-state index in [-0.39, 0.29) is 17.8 Å². The van der Waals surface area contributed by atoms with E-state index >= 15 is 0 Å². The molecule has 1 atom stereocenters. The molecular formula is C19H20FNO. The third-order valence-corrected chi connectivity index (χ3v) is 4.28. The molecule has 1 aliphatic rings. The molecule has 22 heavy (non-hydrogen) atoms. The van der Waals surface area contributed by atoms with Crippen LogP contribution in [-0.4, -0.2) is 17.4 Å². The fourth-order valence-electron chi connectivity index (χ4n) is 3.17. The van der Waals surface area contributed by atoms with E-state index < -0.39 is 0 Å². The number of aryl methyl sites for hydroxylation is 1. The normalized spacial score (nSPS) is 17.7. The second-order valence-corrected chi connectivity index (χ2v) is 5.79. The summed E-state index contributed by atoms with van der Waals surface area (Å²) in [4.78, 5) is 14.4. The molecule has 2 aromatic rings. The van der Waals surface area contributed by atoms with Gasteiger partial charge in [-0.05, 0) is 42.5 Å². The summed E-state index contributed by atoms with van der Waals surface area (Å²) in [5.74, 6) is -0.0725. The van der Waals surface area contributed by atoms with Gasteiger partial charge in [0.1, 0.15) is 5.82 Å². The van der Waals surface area contributed by atoms with Crippen molar-refractivity contribution >= 4 is 5.91 Å². The number of hydrogen-bond donors (Lipinski definition) is 0. The molecule has 0 spiro atoms. The SMILES string of the molecule is O=C(CCc1ccccc1)N1CCC[C@@H]1c1cccc(F)c1. The van der Waals surface area contributed by atoms with Gasteiger partial charge in [0.15, 0.2) is 0 Å². The average Bonchev–Trinajstić information content (AvgIpc) is 3.03. The van der Waals surface area contributed by atoms with E-state index in [1.54, 1.807) is 12.1 Å². The molecule has 0 saturated carbocycles. The average molecular weight is 297 g/mol. The van der Waals surface area contributed by atoms with E-state index in [4.69, 9.17) is 0 Å². The Balaban J connectivity index is 1.66. The van der Waals surface area contributed by atoms with Crippen molar-refractivity contribution in [2.45, 2.75) is 31.7 Å². The number of halogens is 1. The number of hydrogen-bond acceptors (Lipinski definition) is 1. The summed E-state index contributed by atoms with van der Waals surface area (Å²) in [6.45, 7) is 0.773. The van der Waals surface area contributed by atoms with Crippen LogP contribution < -0.4 is 0 Å². The van der Waals surface area contributed by atoms with E-state index in [0.717, 1.165) is 31.4 Å². The summed E-state index contributed by atoms with van der Waals surface area (Å²) in [7, 11) is 0. The van der Waals surface area contributed by atoms with Gasteiger partial charge in [-0.25, -0.2) is 4.39 Å². The van der Waals surface area contributed by atoms with Crippen molar-refractivity contribution in [3.63, 3.8) is 0 Å². The zero-order valence-electron chi connectivity index (χ0n) is 12.5. The highest BCUT2D eigenvalue weighted by molar-refractivity contribution is 5.77. The van der Waals surface area contributed by atoms with Crippen LogP contribution >= 0.6 is 0 Å². The van der Waals surface area contributed by atoms with Crippen LogP contribution in [0.25, 0.3) is 0 Å². The van der Waals surface area contributed by atoms with Gasteiger partial charge in [0, 0.05) is 13.0 Å². The molecule has 1 saturated heterocycles. The maximum atomic E-state index is 13.4. The molecule has 0 aliphatic carbocycles. The predicted octanol–water partition coefficient (Wildman–Crippen LogP) is 4.12. The van der Waals surface area contributed by atoms with Gasteiger partial charge in [-0.3, -0.25) is 4.79 Å². The van der Waals surface area contributed by atoms with Crippen LogP contribution in [0.1, 0.15) is 36.4 Å². The van der Waals surface area contributed by atoms with Gasteiger partial charge < -0.3 is 4.90 Å². The molecule has 0 radical (unpaired) electrons. The molecule has 0 aromatic heterocycles. The molecule has 1 amide bonds. The largest absolute Gasteiger partial charge is 0.336 e. The maximum absolute atomic E-state index is 13.4. The Morgan fingerprint density at radius 2 is 1.95 bits per heavy atom. The summed E-state index contributed by atoms with van der Waals surface area (Å²) in [5.41, 5.74) is 2.09. The zero-order chi connectivity index (χ0) is 15.4. The third kappa shape index (κ3) is 3.35. The van der Waals surface area contributed by atoms with Gasteiger partial charge in [-0.2, -0.15) is 0 Å². The Morgan fingerprint density at radius 1 is 1.14 bits per heavy atom. The fourth-order valence-corrected chi connectivity index (χ4v) is 3.17. The molecule has 1 heterocycles. The van der Waals surface area contributed by atoms with E-state index in [1.807, 2.05) is 41.3 Å². The standard InChI is InChI=1S/C19H20FNO/c20-17-9-4-8-16(14-17)18-10-5-13-21(18)19(22)12-11-15-6-2-1-3-7-15/h1-4,6-9,14,18H,5,10-13H2/t18-/m1/s1. The van der Waals surface area contributed by atoms with Crippen LogP contribution in [0.5, 0.6) is 0 Å². The van der Waals surface area contributed by atoms with E-state index in [0.29, 0.717) is 6.42 Å². The quantitative estimate of drug-likeness (QED) is 0.831. The highest BCUT2D eigenvalue weighted by Gasteiger charge is 2.29. The van der Waals surface area contributed by atoms with Crippen molar-refractivity contribution in [3.05, 3.63) is 71.5 Å². The molecular weight excluding hydrogens is 277 g/mol. The van der Waals surface area contributed by atoms with Crippen LogP contribution in [0.2, 0.25) is 0 Å². The first-order valence-electron chi connectivity index (χ1n) is 7.83. The highest BCUT2D eigenvalue weighted by atomic mass is 19.1. The molecule has 1 aliphatic heterocycles. The Bertz CT molecular complexity index is 641. The van der Waals surface area contributed by atoms with Crippen molar-refractivity contribution in [1.29, 1.82) is 0 Å². The number of rotatable bonds is 4. The predicted molar refractivity (Wildman–Crippen MR) is 84.9 cm³/mol. The second kappa shape index (κ2) is 6.73. The minimum absolute atomic E-state index is 0.0268. The minimum Gasteiger partial charge on any atom is -0.336 e. The molecule has 0 N–H and O–H groups in total. The fraction of sp³-hybridized carbons (Fsp3) is 0.316. The second-order valence-electron chi connectivity index (χ2n) is 5.79. The molecule has 0 unspecified atom stereocenters. The number of likely N-dealkylation sites (tertiary alicyclic amines) is 1. The van der Waals surface area contributed by atoms with Crippen molar-refractivity contribution in [3.8, 4) is 0 Å². The summed E-state index contributed by atoms with van der Waals surface area (Å²) >= 11 is 0. The molecule has 2 nitrogen and oxygen atoms in total. The monoisotopic (exact) mass is 297 g/mol. The van der Waals surface area contributed by atoms with Crippen molar-refractivity contribution in [2.24, 2.45) is 0 Å². The Kier molecular flexibility index (Phi) is 4.52. The summed E-state index contributed by atoms with van der Waals surface area (Å²) in [6.07, 6.45) is 3.17. The highest BCUT2D eigenvalue weighted by Crippen LogP contribution is 2.32. The topological polar surface area (TPSA) is 20.3 Å². The van der Waals surface area contributed by atoms with Gasteiger partial charge in [-0.1, -0.05) is 42.5 Å². The Hall–Kier alpha value is -2.16. The lowest BCUT2D eigenvalue weighted by Gasteiger charge is -2.25. The molecule has 1 fully saturated rings. The van der Waals surface area contributed by atoms with Crippen LogP contribution in [0.3, 0.4) is 0 Å². The van der Waals surface area contributed by atoms with Crippen molar-refractivity contribution in [1.82, 2.24) is 4.90 Å². The zero-order valence-corrected chi connectivity index (χ0v) is 12.5. The van der Waals surface area contributed by atoms with Gasteiger partial charge >= 0.3 is 0 Å². The van der Waals surface area contributed by atoms with Crippen LogP contribution in [0.4, 0.5) is 4.39 Å². The number of benzene rings is 2. The lowest BCUT2D eigenvalue weighted by atomic mass is 10.0. The number of carbonyl (C=O) groups is 1. The molecule has 0 bridgehead atoms. The lowest BCUT2D eigenvalue weighted by molar-refractivity contribution is -0.132. The van der Waals surface area contributed by atoms with Crippen LogP contribution in [0, 0.1) is 5.82 Å².